The number of anilines is 2. The number of aromatic hydroxyl groups is 1. The monoisotopic (exact) mass is 419 g/mol. The lowest BCUT2D eigenvalue weighted by atomic mass is 10.1. The number of hydrogen-bond donors (Lipinski definition) is 2. The number of aromatic nitrogens is 2. The lowest BCUT2D eigenvalue weighted by Crippen LogP contribution is -2.07. The Morgan fingerprint density at radius 2 is 1.93 bits per heavy atom. The van der Waals surface area contributed by atoms with Crippen LogP contribution in [0, 0.1) is 13.8 Å². The number of phenolic OH excluding ortho intramolecular Hbond substituents is 1. The number of nitrogens with one attached hydrogen (secondary N) is 1. The minimum Gasteiger partial charge on any atom is -0.506 e. The maximum atomic E-state index is 12.7. The van der Waals surface area contributed by atoms with Crippen molar-refractivity contribution in [3.63, 3.8) is 0 Å². The van der Waals surface area contributed by atoms with E-state index in [1.54, 1.807) is 6.07 Å². The first-order valence-electron chi connectivity index (χ1n) is 9.54. The number of fused-ring (bicyclic) bond motifs is 1. The van der Waals surface area contributed by atoms with Crippen LogP contribution in [0.3, 0.4) is 0 Å². The zero-order valence-corrected chi connectivity index (χ0v) is 17.5. The molecular weight excluding hydrogens is 398 g/mol. The van der Waals surface area contributed by atoms with Crippen molar-refractivity contribution in [2.24, 2.45) is 0 Å². The molecule has 0 bridgehead atoms. The molecule has 0 aliphatic heterocycles. The highest BCUT2D eigenvalue weighted by Gasteiger charge is 2.21. The molecule has 0 aliphatic rings. The number of hydrogen-bond acceptors (Lipinski definition) is 7. The Morgan fingerprint density at radius 3 is 2.73 bits per heavy atom. The summed E-state index contributed by atoms with van der Waals surface area (Å²) < 4.78 is 5.50. The fourth-order valence-electron chi connectivity index (χ4n) is 3.21. The van der Waals surface area contributed by atoms with E-state index in [1.165, 1.54) is 17.7 Å². The molecule has 0 unspecified atom stereocenters. The van der Waals surface area contributed by atoms with E-state index in [4.69, 9.17) is 4.74 Å². The van der Waals surface area contributed by atoms with Crippen molar-refractivity contribution in [2.45, 2.75) is 20.3 Å². The van der Waals surface area contributed by atoms with Gasteiger partial charge in [-0.3, -0.25) is 0 Å². The Hall–Kier alpha value is -3.45. The van der Waals surface area contributed by atoms with Gasteiger partial charge in [0.15, 0.2) is 0 Å². The molecule has 4 aromatic rings. The van der Waals surface area contributed by atoms with Crippen LogP contribution in [0.2, 0.25) is 0 Å². The Kier molecular flexibility index (Phi) is 5.63. The third-order valence-electron chi connectivity index (χ3n) is 4.78. The molecule has 0 saturated carbocycles. The van der Waals surface area contributed by atoms with Crippen LogP contribution in [0.25, 0.3) is 10.2 Å². The van der Waals surface area contributed by atoms with Crippen LogP contribution in [-0.4, -0.2) is 27.7 Å². The molecule has 0 radical (unpaired) electrons. The second kappa shape index (κ2) is 8.51. The quantitative estimate of drug-likeness (QED) is 0.332. The summed E-state index contributed by atoms with van der Waals surface area (Å²) in [6.07, 6.45) is 2.10. The number of rotatable bonds is 6. The summed E-state index contributed by atoms with van der Waals surface area (Å²) in [7, 11) is 0. The van der Waals surface area contributed by atoms with Crippen molar-refractivity contribution in [1.82, 2.24) is 9.97 Å². The second-order valence-electron chi connectivity index (χ2n) is 6.98. The van der Waals surface area contributed by atoms with Gasteiger partial charge in [-0.15, -0.1) is 11.3 Å². The van der Waals surface area contributed by atoms with Crippen LogP contribution < -0.4 is 5.32 Å². The molecule has 2 heterocycles. The average Bonchev–Trinajstić information content (AvgIpc) is 3.09. The molecule has 4 rings (SSSR count). The zero-order chi connectivity index (χ0) is 21.1. The van der Waals surface area contributed by atoms with Crippen LogP contribution >= 0.6 is 11.3 Å². The summed E-state index contributed by atoms with van der Waals surface area (Å²) in [6.45, 7) is 4.11. The molecular formula is C23H21N3O3S. The molecule has 0 amide bonds. The van der Waals surface area contributed by atoms with Crippen molar-refractivity contribution in [1.29, 1.82) is 0 Å². The molecule has 2 aromatic carbocycles. The van der Waals surface area contributed by atoms with Gasteiger partial charge >= 0.3 is 5.97 Å². The number of carbonyl (C=O) groups is 1. The van der Waals surface area contributed by atoms with Gasteiger partial charge in [-0.05, 0) is 42.7 Å². The minimum atomic E-state index is -0.365. The molecule has 0 fully saturated rings. The number of benzene rings is 2. The first kappa shape index (κ1) is 19.8. The second-order valence-corrected chi connectivity index (χ2v) is 7.97. The third-order valence-corrected chi connectivity index (χ3v) is 5.96. The van der Waals surface area contributed by atoms with Crippen LogP contribution in [0.1, 0.15) is 26.4 Å². The van der Waals surface area contributed by atoms with E-state index in [0.717, 1.165) is 22.1 Å². The molecule has 0 spiro atoms. The first-order chi connectivity index (χ1) is 14.5. The standard InChI is InChI=1S/C23H21N3O3S/c1-14-8-9-18(27)17(12-14)26-21-19-15(2)20(30-22(19)25-13-24-21)23(28)29-11-10-16-6-4-3-5-7-16/h3-9,12-13,27H,10-11H2,1-2H3,(H,24,25,26). The molecule has 0 saturated heterocycles. The van der Waals surface area contributed by atoms with Crippen LogP contribution in [0.15, 0.2) is 54.9 Å². The molecule has 30 heavy (non-hydrogen) atoms. The third kappa shape index (κ3) is 4.11. The van der Waals surface area contributed by atoms with E-state index in [9.17, 15) is 9.90 Å². The molecule has 2 aromatic heterocycles. The maximum absolute atomic E-state index is 12.7. The number of esters is 1. The van der Waals surface area contributed by atoms with E-state index < -0.39 is 0 Å². The maximum Gasteiger partial charge on any atom is 0.348 e. The summed E-state index contributed by atoms with van der Waals surface area (Å²) in [6, 6.07) is 15.2. The largest absolute Gasteiger partial charge is 0.506 e. The summed E-state index contributed by atoms with van der Waals surface area (Å²) in [5, 5.41) is 14.1. The van der Waals surface area contributed by atoms with E-state index in [-0.39, 0.29) is 11.7 Å². The lowest BCUT2D eigenvalue weighted by molar-refractivity contribution is 0.0514. The van der Waals surface area contributed by atoms with Crippen molar-refractivity contribution in [3.05, 3.63) is 76.4 Å². The van der Waals surface area contributed by atoms with Gasteiger partial charge in [0.2, 0.25) is 0 Å². The van der Waals surface area contributed by atoms with Gasteiger partial charge in [-0.2, -0.15) is 0 Å². The van der Waals surface area contributed by atoms with Crippen molar-refractivity contribution in [2.75, 3.05) is 11.9 Å². The summed E-state index contributed by atoms with van der Waals surface area (Å²) in [5.41, 5.74) is 3.43. The van der Waals surface area contributed by atoms with E-state index in [1.807, 2.05) is 56.3 Å². The molecule has 2 N–H and O–H groups in total. The number of phenols is 1. The number of thiophene rings is 1. The zero-order valence-electron chi connectivity index (χ0n) is 16.7. The van der Waals surface area contributed by atoms with Gasteiger partial charge in [-0.25, -0.2) is 14.8 Å². The minimum absolute atomic E-state index is 0.126. The van der Waals surface area contributed by atoms with E-state index in [0.29, 0.717) is 34.2 Å². The Morgan fingerprint density at radius 1 is 1.13 bits per heavy atom. The van der Waals surface area contributed by atoms with Gasteiger partial charge in [-0.1, -0.05) is 36.4 Å². The lowest BCUT2D eigenvalue weighted by Gasteiger charge is -2.10. The molecule has 6 nitrogen and oxygen atoms in total. The Bertz CT molecular complexity index is 1210. The van der Waals surface area contributed by atoms with Gasteiger partial charge in [0, 0.05) is 6.42 Å². The molecule has 152 valence electrons. The summed E-state index contributed by atoms with van der Waals surface area (Å²) >= 11 is 1.28. The first-order valence-corrected chi connectivity index (χ1v) is 10.4. The van der Waals surface area contributed by atoms with Gasteiger partial charge in [0.1, 0.15) is 27.6 Å². The van der Waals surface area contributed by atoms with E-state index in [2.05, 4.69) is 15.3 Å². The number of aryl methyl sites for hydroxylation is 2. The summed E-state index contributed by atoms with van der Waals surface area (Å²) in [5.74, 6) is 0.301. The molecule has 0 atom stereocenters. The number of ether oxygens (including phenoxy) is 1. The fraction of sp³-hybridized carbons (Fsp3) is 0.174. The van der Waals surface area contributed by atoms with Crippen molar-refractivity contribution in [3.8, 4) is 5.75 Å². The smallest absolute Gasteiger partial charge is 0.348 e. The van der Waals surface area contributed by atoms with Gasteiger partial charge in [0.25, 0.3) is 0 Å². The number of carbonyl (C=O) groups excluding carboxylic acids is 1. The number of nitrogens with zero attached hydrogens (tertiary/aromatic N) is 2. The highest BCUT2D eigenvalue weighted by molar-refractivity contribution is 7.20. The SMILES string of the molecule is Cc1ccc(O)c(Nc2ncnc3sc(C(=O)OCCc4ccccc4)c(C)c23)c1. The van der Waals surface area contributed by atoms with Crippen LogP contribution in [0.4, 0.5) is 11.5 Å². The van der Waals surface area contributed by atoms with E-state index >= 15 is 0 Å². The predicted molar refractivity (Wildman–Crippen MR) is 119 cm³/mol. The summed E-state index contributed by atoms with van der Waals surface area (Å²) in [4.78, 5) is 22.5. The topological polar surface area (TPSA) is 84.3 Å². The Labute approximate surface area is 178 Å². The van der Waals surface area contributed by atoms with Crippen LogP contribution in [-0.2, 0) is 11.2 Å². The van der Waals surface area contributed by atoms with Crippen molar-refractivity contribution < 1.29 is 14.6 Å². The Balaban J connectivity index is 1.57. The highest BCUT2D eigenvalue weighted by atomic mass is 32.1. The molecule has 7 heteroatoms. The normalized spacial score (nSPS) is 10.9. The fourth-order valence-corrected chi connectivity index (χ4v) is 4.25. The van der Waals surface area contributed by atoms with Crippen molar-refractivity contribution >= 4 is 39.0 Å². The molecule has 0 aliphatic carbocycles. The average molecular weight is 420 g/mol. The van der Waals surface area contributed by atoms with Gasteiger partial charge < -0.3 is 15.2 Å². The van der Waals surface area contributed by atoms with Gasteiger partial charge in [0.05, 0.1) is 17.7 Å². The van der Waals surface area contributed by atoms with Crippen LogP contribution in [0.5, 0.6) is 5.75 Å². The predicted octanol–water partition coefficient (Wildman–Crippen LogP) is 5.16. The highest BCUT2D eigenvalue weighted by Crippen LogP contribution is 2.36.